The lowest BCUT2D eigenvalue weighted by Gasteiger charge is -2.36. The molecule has 1 heterocycles. The number of benzene rings is 1. The van der Waals surface area contributed by atoms with Crippen LogP contribution < -0.4 is 0 Å². The fourth-order valence-electron chi connectivity index (χ4n) is 1.43. The van der Waals surface area contributed by atoms with E-state index in [0.29, 0.717) is 23.3 Å². The van der Waals surface area contributed by atoms with Crippen molar-refractivity contribution in [2.75, 3.05) is 13.2 Å². The standard InChI is InChI=1S/C10H8Cl2O2/c11-8-2-1-7(3-9(8)12)10(4-13)5-14-6-10/h1-4H,5-6H2. The molecule has 0 atom stereocenters. The van der Waals surface area contributed by atoms with E-state index in [2.05, 4.69) is 0 Å². The number of halogens is 2. The molecule has 0 saturated carbocycles. The molecule has 4 heteroatoms. The maximum Gasteiger partial charge on any atom is 0.135 e. The summed E-state index contributed by atoms with van der Waals surface area (Å²) < 4.78 is 5.05. The quantitative estimate of drug-likeness (QED) is 0.730. The van der Waals surface area contributed by atoms with Crippen molar-refractivity contribution >= 4 is 29.5 Å². The van der Waals surface area contributed by atoms with Gasteiger partial charge in [0, 0.05) is 0 Å². The Morgan fingerprint density at radius 2 is 2.00 bits per heavy atom. The fraction of sp³-hybridized carbons (Fsp3) is 0.300. The van der Waals surface area contributed by atoms with E-state index in [1.807, 2.05) is 6.07 Å². The van der Waals surface area contributed by atoms with Gasteiger partial charge in [-0.05, 0) is 17.7 Å². The monoisotopic (exact) mass is 230 g/mol. The first-order valence-corrected chi connectivity index (χ1v) is 4.93. The Balaban J connectivity index is 2.41. The number of carbonyl (C=O) groups is 1. The molecule has 0 radical (unpaired) electrons. The van der Waals surface area contributed by atoms with E-state index in [1.54, 1.807) is 12.1 Å². The van der Waals surface area contributed by atoms with Gasteiger partial charge in [-0.15, -0.1) is 0 Å². The first kappa shape index (κ1) is 9.97. The van der Waals surface area contributed by atoms with Crippen molar-refractivity contribution in [3.63, 3.8) is 0 Å². The van der Waals surface area contributed by atoms with Gasteiger partial charge in [0.1, 0.15) is 6.29 Å². The molecule has 2 rings (SSSR count). The van der Waals surface area contributed by atoms with Gasteiger partial charge in [-0.2, -0.15) is 0 Å². The molecule has 74 valence electrons. The van der Waals surface area contributed by atoms with Crippen molar-refractivity contribution in [2.45, 2.75) is 5.41 Å². The molecule has 14 heavy (non-hydrogen) atoms. The first-order chi connectivity index (χ1) is 6.68. The lowest BCUT2D eigenvalue weighted by atomic mass is 9.80. The SMILES string of the molecule is O=CC1(c2ccc(Cl)c(Cl)c2)COC1. The van der Waals surface area contributed by atoms with Gasteiger partial charge in [0.25, 0.3) is 0 Å². The molecule has 0 unspecified atom stereocenters. The van der Waals surface area contributed by atoms with E-state index in [0.717, 1.165) is 11.8 Å². The van der Waals surface area contributed by atoms with E-state index in [9.17, 15) is 4.79 Å². The number of hydrogen-bond acceptors (Lipinski definition) is 2. The molecule has 0 aromatic heterocycles. The van der Waals surface area contributed by atoms with Gasteiger partial charge in [0.2, 0.25) is 0 Å². The summed E-state index contributed by atoms with van der Waals surface area (Å²) in [4.78, 5) is 10.9. The second-order valence-corrected chi connectivity index (χ2v) is 4.21. The summed E-state index contributed by atoms with van der Waals surface area (Å²) >= 11 is 11.7. The van der Waals surface area contributed by atoms with Crippen LogP contribution >= 0.6 is 23.2 Å². The Hall–Kier alpha value is -0.570. The Kier molecular flexibility index (Phi) is 2.52. The van der Waals surface area contributed by atoms with Crippen LogP contribution in [0.25, 0.3) is 0 Å². The summed E-state index contributed by atoms with van der Waals surface area (Å²) in [5, 5.41) is 0.967. The lowest BCUT2D eigenvalue weighted by Crippen LogP contribution is -2.48. The highest BCUT2D eigenvalue weighted by Gasteiger charge is 2.40. The van der Waals surface area contributed by atoms with Crippen LogP contribution in [0.15, 0.2) is 18.2 Å². The van der Waals surface area contributed by atoms with E-state index in [4.69, 9.17) is 27.9 Å². The number of rotatable bonds is 2. The molecule has 1 aliphatic rings. The third-order valence-corrected chi connectivity index (χ3v) is 3.18. The average Bonchev–Trinajstić information content (AvgIpc) is 2.10. The van der Waals surface area contributed by atoms with Crippen molar-refractivity contribution in [3.05, 3.63) is 33.8 Å². The van der Waals surface area contributed by atoms with E-state index in [1.165, 1.54) is 0 Å². The van der Waals surface area contributed by atoms with Crippen LogP contribution in [0.1, 0.15) is 5.56 Å². The largest absolute Gasteiger partial charge is 0.379 e. The van der Waals surface area contributed by atoms with Crippen LogP contribution in [-0.4, -0.2) is 19.5 Å². The maximum atomic E-state index is 10.9. The predicted molar refractivity (Wildman–Crippen MR) is 55.0 cm³/mol. The summed E-state index contributed by atoms with van der Waals surface area (Å²) in [5.41, 5.74) is 0.363. The zero-order valence-corrected chi connectivity index (χ0v) is 8.81. The Morgan fingerprint density at radius 1 is 1.29 bits per heavy atom. The number of ether oxygens (including phenoxy) is 1. The van der Waals surface area contributed by atoms with E-state index < -0.39 is 5.41 Å². The van der Waals surface area contributed by atoms with Gasteiger partial charge in [0.15, 0.2) is 0 Å². The lowest BCUT2D eigenvalue weighted by molar-refractivity contribution is -0.129. The minimum atomic E-state index is -0.506. The van der Waals surface area contributed by atoms with Crippen LogP contribution in [0, 0.1) is 0 Å². The van der Waals surface area contributed by atoms with Gasteiger partial charge in [0.05, 0.1) is 28.7 Å². The van der Waals surface area contributed by atoms with Crippen molar-refractivity contribution in [2.24, 2.45) is 0 Å². The molecule has 1 aromatic carbocycles. The van der Waals surface area contributed by atoms with Crippen molar-refractivity contribution in [1.82, 2.24) is 0 Å². The molecule has 0 aliphatic carbocycles. The van der Waals surface area contributed by atoms with Gasteiger partial charge < -0.3 is 9.53 Å². The Bertz CT molecular complexity index is 372. The van der Waals surface area contributed by atoms with Crippen molar-refractivity contribution < 1.29 is 9.53 Å². The highest BCUT2D eigenvalue weighted by molar-refractivity contribution is 6.42. The van der Waals surface area contributed by atoms with Crippen LogP contribution in [0.2, 0.25) is 10.0 Å². The first-order valence-electron chi connectivity index (χ1n) is 4.17. The fourth-order valence-corrected chi connectivity index (χ4v) is 1.73. The van der Waals surface area contributed by atoms with Crippen molar-refractivity contribution in [3.8, 4) is 0 Å². The van der Waals surface area contributed by atoms with Gasteiger partial charge in [-0.3, -0.25) is 0 Å². The van der Waals surface area contributed by atoms with Gasteiger partial charge >= 0.3 is 0 Å². The third-order valence-electron chi connectivity index (χ3n) is 2.44. The predicted octanol–water partition coefficient (Wildman–Crippen LogP) is 2.46. The topological polar surface area (TPSA) is 26.3 Å². The molecular weight excluding hydrogens is 223 g/mol. The van der Waals surface area contributed by atoms with Crippen molar-refractivity contribution in [1.29, 1.82) is 0 Å². The second kappa shape index (κ2) is 3.54. The summed E-state index contributed by atoms with van der Waals surface area (Å²) in [5.74, 6) is 0. The van der Waals surface area contributed by atoms with Gasteiger partial charge in [-0.25, -0.2) is 0 Å². The second-order valence-electron chi connectivity index (χ2n) is 3.40. The normalized spacial score (nSPS) is 18.7. The molecule has 0 bridgehead atoms. The Morgan fingerprint density at radius 3 is 2.43 bits per heavy atom. The molecule has 1 aromatic rings. The van der Waals surface area contributed by atoms with Crippen LogP contribution in [0.5, 0.6) is 0 Å². The number of carbonyl (C=O) groups excluding carboxylic acids is 1. The van der Waals surface area contributed by atoms with E-state index in [-0.39, 0.29) is 0 Å². The highest BCUT2D eigenvalue weighted by atomic mass is 35.5. The number of hydrogen-bond donors (Lipinski definition) is 0. The Labute approximate surface area is 91.8 Å². The minimum absolute atomic E-state index is 0.425. The summed E-state index contributed by atoms with van der Waals surface area (Å²) in [7, 11) is 0. The summed E-state index contributed by atoms with van der Waals surface area (Å²) in [6, 6.07) is 5.23. The zero-order chi connectivity index (χ0) is 10.2. The van der Waals surface area contributed by atoms with Crippen LogP contribution in [-0.2, 0) is 14.9 Å². The molecule has 1 saturated heterocycles. The molecular formula is C10H8Cl2O2. The molecule has 2 nitrogen and oxygen atoms in total. The highest BCUT2D eigenvalue weighted by Crippen LogP contribution is 2.33. The zero-order valence-electron chi connectivity index (χ0n) is 7.30. The molecule has 0 spiro atoms. The van der Waals surface area contributed by atoms with Gasteiger partial charge in [-0.1, -0.05) is 29.3 Å². The summed E-state index contributed by atoms with van der Waals surface area (Å²) in [6.45, 7) is 0.850. The maximum absolute atomic E-state index is 10.9. The third kappa shape index (κ3) is 1.44. The molecule has 0 N–H and O–H groups in total. The van der Waals surface area contributed by atoms with E-state index >= 15 is 0 Å². The molecule has 1 aliphatic heterocycles. The molecule has 0 amide bonds. The average molecular weight is 231 g/mol. The van der Waals surface area contributed by atoms with Crippen LogP contribution in [0.3, 0.4) is 0 Å². The molecule has 1 fully saturated rings. The summed E-state index contributed by atoms with van der Waals surface area (Å²) in [6.07, 6.45) is 0.913. The number of aldehydes is 1. The van der Waals surface area contributed by atoms with Crippen LogP contribution in [0.4, 0.5) is 0 Å². The minimum Gasteiger partial charge on any atom is -0.379 e. The smallest absolute Gasteiger partial charge is 0.135 e.